The Kier molecular flexibility index (Phi) is 3.71. The lowest BCUT2D eigenvalue weighted by molar-refractivity contribution is 0.622. The van der Waals surface area contributed by atoms with Crippen molar-refractivity contribution in [1.29, 1.82) is 0 Å². The number of rotatable bonds is 4. The number of benzene rings is 1. The van der Waals surface area contributed by atoms with Crippen LogP contribution in [0.2, 0.25) is 5.02 Å². The summed E-state index contributed by atoms with van der Waals surface area (Å²) in [6.07, 6.45) is 1.65. The lowest BCUT2D eigenvalue weighted by atomic mass is 10.3. The van der Waals surface area contributed by atoms with E-state index in [0.29, 0.717) is 12.2 Å². The van der Waals surface area contributed by atoms with Crippen LogP contribution in [0.4, 0.5) is 4.39 Å². The van der Waals surface area contributed by atoms with E-state index in [1.54, 1.807) is 16.9 Å². The summed E-state index contributed by atoms with van der Waals surface area (Å²) in [4.78, 5) is 0. The normalized spacial score (nSPS) is 10.8. The summed E-state index contributed by atoms with van der Waals surface area (Å²) in [6.45, 7) is 3.49. The minimum Gasteiger partial charge on any atom is -0.311 e. The van der Waals surface area contributed by atoms with Crippen LogP contribution in [0.5, 0.6) is 0 Å². The molecule has 0 spiro atoms. The van der Waals surface area contributed by atoms with Gasteiger partial charge in [0.2, 0.25) is 0 Å². The third-order valence-corrected chi connectivity index (χ3v) is 2.63. The molecule has 0 fully saturated rings. The van der Waals surface area contributed by atoms with Crippen molar-refractivity contribution in [3.8, 4) is 5.69 Å². The maximum atomic E-state index is 13.3. The largest absolute Gasteiger partial charge is 0.311 e. The van der Waals surface area contributed by atoms with Gasteiger partial charge in [0, 0.05) is 12.6 Å². The summed E-state index contributed by atoms with van der Waals surface area (Å²) in [6, 6.07) is 4.55. The Hall–Kier alpha value is -1.46. The summed E-state index contributed by atoms with van der Waals surface area (Å²) in [7, 11) is 0. The Labute approximate surface area is 103 Å². The van der Waals surface area contributed by atoms with E-state index in [9.17, 15) is 4.39 Å². The molecule has 0 amide bonds. The van der Waals surface area contributed by atoms with E-state index in [2.05, 4.69) is 15.6 Å². The van der Waals surface area contributed by atoms with Gasteiger partial charge in [-0.05, 0) is 18.7 Å². The fourth-order valence-electron chi connectivity index (χ4n) is 1.46. The SMILES string of the molecule is CCNCc1cnnn1-c1ccc(Cl)c(F)c1. The molecule has 2 rings (SSSR count). The number of halogens is 2. The molecule has 0 bridgehead atoms. The molecule has 0 aliphatic carbocycles. The van der Waals surface area contributed by atoms with E-state index in [-0.39, 0.29) is 5.02 Å². The van der Waals surface area contributed by atoms with Crippen molar-refractivity contribution >= 4 is 11.6 Å². The quantitative estimate of drug-likeness (QED) is 0.909. The summed E-state index contributed by atoms with van der Waals surface area (Å²) in [5.74, 6) is -0.464. The highest BCUT2D eigenvalue weighted by atomic mass is 35.5. The summed E-state index contributed by atoms with van der Waals surface area (Å²) in [5.41, 5.74) is 1.48. The highest BCUT2D eigenvalue weighted by Gasteiger charge is 2.08. The molecular weight excluding hydrogens is 243 g/mol. The van der Waals surface area contributed by atoms with E-state index in [1.807, 2.05) is 6.92 Å². The number of hydrogen-bond acceptors (Lipinski definition) is 3. The first-order chi connectivity index (χ1) is 8.22. The van der Waals surface area contributed by atoms with E-state index in [4.69, 9.17) is 11.6 Å². The van der Waals surface area contributed by atoms with Crippen LogP contribution in [0.25, 0.3) is 5.69 Å². The predicted octanol–water partition coefficient (Wildman–Crippen LogP) is 2.17. The minimum atomic E-state index is -0.464. The summed E-state index contributed by atoms with van der Waals surface area (Å²) >= 11 is 5.63. The molecule has 6 heteroatoms. The van der Waals surface area contributed by atoms with Gasteiger partial charge in [-0.2, -0.15) is 0 Å². The Morgan fingerprint density at radius 1 is 1.47 bits per heavy atom. The standard InChI is InChI=1S/C11H12ClFN4/c1-2-14-6-9-7-15-16-17(9)8-3-4-10(12)11(13)5-8/h3-5,7,14H,2,6H2,1H3. The van der Waals surface area contributed by atoms with Crippen LogP contribution in [-0.4, -0.2) is 21.5 Å². The van der Waals surface area contributed by atoms with Gasteiger partial charge in [0.1, 0.15) is 5.82 Å². The van der Waals surface area contributed by atoms with Crippen molar-refractivity contribution in [2.75, 3.05) is 6.54 Å². The molecule has 1 heterocycles. The molecule has 0 saturated carbocycles. The molecule has 0 radical (unpaired) electrons. The van der Waals surface area contributed by atoms with Gasteiger partial charge in [-0.3, -0.25) is 0 Å². The molecule has 0 unspecified atom stereocenters. The van der Waals surface area contributed by atoms with E-state index >= 15 is 0 Å². The fraction of sp³-hybridized carbons (Fsp3) is 0.273. The summed E-state index contributed by atoms with van der Waals surface area (Å²) < 4.78 is 14.9. The van der Waals surface area contributed by atoms with E-state index < -0.39 is 5.82 Å². The Bertz CT molecular complexity index is 512. The zero-order valence-electron chi connectivity index (χ0n) is 9.32. The van der Waals surface area contributed by atoms with Crippen LogP contribution in [-0.2, 0) is 6.54 Å². The topological polar surface area (TPSA) is 42.7 Å². The Morgan fingerprint density at radius 2 is 2.29 bits per heavy atom. The van der Waals surface area contributed by atoms with Gasteiger partial charge in [0.05, 0.1) is 22.6 Å². The van der Waals surface area contributed by atoms with Crippen molar-refractivity contribution < 1.29 is 4.39 Å². The zero-order valence-corrected chi connectivity index (χ0v) is 10.1. The Balaban J connectivity index is 2.32. The third kappa shape index (κ3) is 2.62. The second kappa shape index (κ2) is 5.25. The second-order valence-corrected chi connectivity index (χ2v) is 3.92. The molecule has 0 aliphatic rings. The molecule has 0 saturated heterocycles. The second-order valence-electron chi connectivity index (χ2n) is 3.52. The first kappa shape index (κ1) is 12.0. The monoisotopic (exact) mass is 254 g/mol. The first-order valence-electron chi connectivity index (χ1n) is 5.28. The van der Waals surface area contributed by atoms with Gasteiger partial charge in [-0.15, -0.1) is 5.10 Å². The van der Waals surface area contributed by atoms with Crippen molar-refractivity contribution in [1.82, 2.24) is 20.3 Å². The van der Waals surface area contributed by atoms with Gasteiger partial charge in [0.25, 0.3) is 0 Å². The highest BCUT2D eigenvalue weighted by Crippen LogP contribution is 2.18. The van der Waals surface area contributed by atoms with Crippen molar-refractivity contribution in [3.05, 3.63) is 40.9 Å². The molecule has 1 N–H and O–H groups in total. The number of hydrogen-bond donors (Lipinski definition) is 1. The minimum absolute atomic E-state index is 0.0992. The molecule has 90 valence electrons. The molecule has 0 atom stereocenters. The molecule has 2 aromatic rings. The van der Waals surface area contributed by atoms with Crippen LogP contribution in [0.15, 0.2) is 24.4 Å². The van der Waals surface area contributed by atoms with Crippen LogP contribution < -0.4 is 5.32 Å². The van der Waals surface area contributed by atoms with Crippen LogP contribution in [0.1, 0.15) is 12.6 Å². The molecule has 1 aromatic carbocycles. The van der Waals surface area contributed by atoms with Crippen LogP contribution >= 0.6 is 11.6 Å². The van der Waals surface area contributed by atoms with Crippen LogP contribution in [0.3, 0.4) is 0 Å². The molecule has 4 nitrogen and oxygen atoms in total. The predicted molar refractivity (Wildman–Crippen MR) is 63.7 cm³/mol. The van der Waals surface area contributed by atoms with Crippen LogP contribution in [0, 0.1) is 5.82 Å². The highest BCUT2D eigenvalue weighted by molar-refractivity contribution is 6.30. The average molecular weight is 255 g/mol. The van der Waals surface area contributed by atoms with E-state index in [1.165, 1.54) is 12.1 Å². The third-order valence-electron chi connectivity index (χ3n) is 2.32. The molecular formula is C11H12ClFN4. The zero-order chi connectivity index (χ0) is 12.3. The van der Waals surface area contributed by atoms with Gasteiger partial charge < -0.3 is 5.32 Å². The first-order valence-corrected chi connectivity index (χ1v) is 5.66. The van der Waals surface area contributed by atoms with Gasteiger partial charge in [0.15, 0.2) is 0 Å². The number of nitrogens with one attached hydrogen (secondary N) is 1. The number of nitrogens with zero attached hydrogens (tertiary/aromatic N) is 3. The fourth-order valence-corrected chi connectivity index (χ4v) is 1.58. The van der Waals surface area contributed by atoms with Crippen molar-refractivity contribution in [2.24, 2.45) is 0 Å². The van der Waals surface area contributed by atoms with Gasteiger partial charge in [-0.1, -0.05) is 23.7 Å². The maximum Gasteiger partial charge on any atom is 0.143 e. The van der Waals surface area contributed by atoms with Crippen molar-refractivity contribution in [2.45, 2.75) is 13.5 Å². The number of aromatic nitrogens is 3. The smallest absolute Gasteiger partial charge is 0.143 e. The van der Waals surface area contributed by atoms with Crippen molar-refractivity contribution in [3.63, 3.8) is 0 Å². The molecule has 17 heavy (non-hydrogen) atoms. The van der Waals surface area contributed by atoms with Gasteiger partial charge in [-0.25, -0.2) is 9.07 Å². The molecule has 1 aromatic heterocycles. The van der Waals surface area contributed by atoms with E-state index in [0.717, 1.165) is 12.2 Å². The Morgan fingerprint density at radius 3 is 3.00 bits per heavy atom. The molecule has 0 aliphatic heterocycles. The lowest BCUT2D eigenvalue weighted by Crippen LogP contribution is -2.15. The maximum absolute atomic E-state index is 13.3. The lowest BCUT2D eigenvalue weighted by Gasteiger charge is -2.06. The average Bonchev–Trinajstić information content (AvgIpc) is 2.78. The van der Waals surface area contributed by atoms with Gasteiger partial charge >= 0.3 is 0 Å². The summed E-state index contributed by atoms with van der Waals surface area (Å²) in [5, 5.41) is 11.0.